The van der Waals surface area contributed by atoms with E-state index in [0.717, 1.165) is 28.4 Å². The second-order valence-electron chi connectivity index (χ2n) is 5.97. The maximum atomic E-state index is 4.78. The Morgan fingerprint density at radius 2 is 1.89 bits per heavy atom. The molecule has 0 atom stereocenters. The minimum atomic E-state index is 0.424. The van der Waals surface area contributed by atoms with Gasteiger partial charge < -0.3 is 14.2 Å². The second-order valence-corrected chi connectivity index (χ2v) is 5.97. The minimum Gasteiger partial charge on any atom is -0.501 e. The van der Waals surface area contributed by atoms with Crippen molar-refractivity contribution in [2.75, 3.05) is 19.1 Å². The maximum Gasteiger partial charge on any atom is 0.156 e. The number of nitrogens with zero attached hydrogens (tertiary/aromatic N) is 4. The largest absolute Gasteiger partial charge is 0.501 e. The van der Waals surface area contributed by atoms with E-state index in [1.807, 2.05) is 47.0 Å². The van der Waals surface area contributed by atoms with Gasteiger partial charge in [0.05, 0.1) is 18.4 Å². The van der Waals surface area contributed by atoms with Crippen molar-refractivity contribution in [2.45, 2.75) is 54.5 Å². The quantitative estimate of drug-likeness (QED) is 0.395. The van der Waals surface area contributed by atoms with Crippen molar-refractivity contribution in [3.05, 3.63) is 42.6 Å². The molecule has 0 aliphatic carbocycles. The number of rotatable bonds is 4. The van der Waals surface area contributed by atoms with Gasteiger partial charge in [-0.25, -0.2) is 9.97 Å². The topological polar surface area (TPSA) is 43.2 Å². The molecular formula is C23H38N4O. The van der Waals surface area contributed by atoms with Gasteiger partial charge in [-0.1, -0.05) is 26.5 Å². The summed E-state index contributed by atoms with van der Waals surface area (Å²) >= 11 is 0. The van der Waals surface area contributed by atoms with Crippen LogP contribution in [0.3, 0.4) is 0 Å². The molecule has 5 heteroatoms. The van der Waals surface area contributed by atoms with E-state index < -0.39 is 0 Å². The molecule has 5 nitrogen and oxygen atoms in total. The molecule has 2 heterocycles. The summed E-state index contributed by atoms with van der Waals surface area (Å²) in [6.07, 6.45) is 10.1. The number of allylic oxidation sites excluding steroid dienone is 3. The Labute approximate surface area is 172 Å². The van der Waals surface area contributed by atoms with Crippen LogP contribution in [-0.4, -0.2) is 34.7 Å². The Kier molecular flexibility index (Phi) is 15.0. The summed E-state index contributed by atoms with van der Waals surface area (Å²) in [7, 11) is 5.73. The summed E-state index contributed by atoms with van der Waals surface area (Å²) in [4.78, 5) is 11.2. The number of hydrogen-bond acceptors (Lipinski definition) is 4. The molecule has 2 aromatic rings. The van der Waals surface area contributed by atoms with Crippen LogP contribution in [0.25, 0.3) is 11.0 Å². The van der Waals surface area contributed by atoms with Gasteiger partial charge in [-0.05, 0) is 46.8 Å². The van der Waals surface area contributed by atoms with E-state index in [9.17, 15) is 0 Å². The molecule has 0 amide bonds. The molecule has 0 radical (unpaired) electrons. The van der Waals surface area contributed by atoms with E-state index in [1.165, 1.54) is 0 Å². The lowest BCUT2D eigenvalue weighted by Gasteiger charge is -2.23. The van der Waals surface area contributed by atoms with Crippen LogP contribution < -0.4 is 4.90 Å². The van der Waals surface area contributed by atoms with Crippen molar-refractivity contribution < 1.29 is 4.74 Å². The highest BCUT2D eigenvalue weighted by Gasteiger charge is 2.14. The van der Waals surface area contributed by atoms with Crippen LogP contribution in [0.2, 0.25) is 0 Å². The van der Waals surface area contributed by atoms with Crippen molar-refractivity contribution in [1.29, 1.82) is 0 Å². The number of anilines is 1. The molecule has 0 saturated carbocycles. The number of terminal acetylenes is 1. The Hall–Kier alpha value is -2.74. The van der Waals surface area contributed by atoms with Crippen LogP contribution in [0.4, 0.5) is 5.82 Å². The van der Waals surface area contributed by atoms with Crippen LogP contribution in [-0.2, 0) is 11.8 Å². The zero-order valence-corrected chi connectivity index (χ0v) is 19.4. The van der Waals surface area contributed by atoms with E-state index in [2.05, 4.69) is 59.3 Å². The molecule has 0 saturated heterocycles. The highest BCUT2D eigenvalue weighted by atomic mass is 16.5. The molecule has 156 valence electrons. The Morgan fingerprint density at radius 1 is 1.36 bits per heavy atom. The van der Waals surface area contributed by atoms with Crippen LogP contribution in [0, 0.1) is 19.3 Å². The van der Waals surface area contributed by atoms with Crippen molar-refractivity contribution >= 4 is 16.9 Å². The van der Waals surface area contributed by atoms with Crippen LogP contribution in [0.15, 0.2) is 36.8 Å². The third-order valence-corrected chi connectivity index (χ3v) is 3.60. The first-order chi connectivity index (χ1) is 13.2. The summed E-state index contributed by atoms with van der Waals surface area (Å²) in [6, 6.07) is 2.45. The monoisotopic (exact) mass is 386 g/mol. The van der Waals surface area contributed by atoms with Gasteiger partial charge in [0.1, 0.15) is 11.3 Å². The highest BCUT2D eigenvalue weighted by Crippen LogP contribution is 2.24. The first-order valence-corrected chi connectivity index (χ1v) is 9.46. The lowest BCUT2D eigenvalue weighted by molar-refractivity contribution is 0.294. The van der Waals surface area contributed by atoms with Crippen LogP contribution in [0.5, 0.6) is 0 Å². The van der Waals surface area contributed by atoms with Gasteiger partial charge in [-0.2, -0.15) is 0 Å². The lowest BCUT2D eigenvalue weighted by Crippen LogP contribution is -2.27. The molecule has 0 aliphatic rings. The fourth-order valence-electron chi connectivity index (χ4n) is 2.01. The zero-order valence-electron chi connectivity index (χ0n) is 19.4. The average Bonchev–Trinajstić information content (AvgIpc) is 3.04. The van der Waals surface area contributed by atoms with E-state index >= 15 is 0 Å². The highest BCUT2D eigenvalue weighted by molar-refractivity contribution is 5.87. The number of methoxy groups -OCH3 is 1. The van der Waals surface area contributed by atoms with Gasteiger partial charge >= 0.3 is 0 Å². The molecule has 0 aromatic carbocycles. The van der Waals surface area contributed by atoms with Gasteiger partial charge in [-0.15, -0.1) is 12.3 Å². The predicted molar refractivity (Wildman–Crippen MR) is 124 cm³/mol. The van der Waals surface area contributed by atoms with Crippen molar-refractivity contribution in [2.24, 2.45) is 7.05 Å². The summed E-state index contributed by atoms with van der Waals surface area (Å²) in [5.41, 5.74) is 2.11. The zero-order chi connectivity index (χ0) is 22.3. The molecule has 2 aromatic heterocycles. The minimum absolute atomic E-state index is 0.424. The number of aromatic nitrogens is 3. The van der Waals surface area contributed by atoms with Crippen LogP contribution in [0.1, 0.15) is 47.4 Å². The number of ether oxygens (including phenoxy) is 1. The summed E-state index contributed by atoms with van der Waals surface area (Å²) in [6.45, 7) is 17.3. The summed E-state index contributed by atoms with van der Waals surface area (Å²) in [5, 5.41) is 0. The standard InChI is InChI=1S/C12H18N4.C6H10O.C3H4.C2H6/c1-8(2)16(5)12-11-10(6-7-15(11)4)13-9(3)14-12;1-4-5-6(2)7-3;1-3-2;1-2/h6-8H,1-5H3;4-5H,1H2,2-3H3;1H,2H3;1-2H3/b;6-5+;;. The lowest BCUT2D eigenvalue weighted by atomic mass is 10.3. The van der Waals surface area contributed by atoms with E-state index in [0.29, 0.717) is 6.04 Å². The molecular weight excluding hydrogens is 348 g/mol. The summed E-state index contributed by atoms with van der Waals surface area (Å²) < 4.78 is 6.85. The second kappa shape index (κ2) is 15.3. The predicted octanol–water partition coefficient (Wildman–Crippen LogP) is 5.51. The average molecular weight is 387 g/mol. The van der Waals surface area contributed by atoms with Gasteiger partial charge in [0.2, 0.25) is 0 Å². The molecule has 0 spiro atoms. The van der Waals surface area contributed by atoms with Gasteiger partial charge in [0.15, 0.2) is 5.82 Å². The van der Waals surface area contributed by atoms with Crippen molar-refractivity contribution in [3.63, 3.8) is 0 Å². The van der Waals surface area contributed by atoms with Gasteiger partial charge in [-0.3, -0.25) is 0 Å². The van der Waals surface area contributed by atoms with E-state index in [4.69, 9.17) is 4.74 Å². The Balaban J connectivity index is 0. The third-order valence-electron chi connectivity index (χ3n) is 3.60. The number of fused-ring (bicyclic) bond motifs is 1. The molecule has 0 fully saturated rings. The SMILES string of the molecule is C#CC.C=C/C=C(\C)OC.CC.Cc1nc(N(C)C(C)C)c2c(ccn2C)n1. The smallest absolute Gasteiger partial charge is 0.156 e. The van der Waals surface area contributed by atoms with Gasteiger partial charge in [0.25, 0.3) is 0 Å². The van der Waals surface area contributed by atoms with E-state index in [1.54, 1.807) is 26.2 Å². The third kappa shape index (κ3) is 9.27. The van der Waals surface area contributed by atoms with Crippen molar-refractivity contribution in [1.82, 2.24) is 14.5 Å². The Bertz CT molecular complexity index is 767. The number of hydrogen-bond donors (Lipinski definition) is 0. The van der Waals surface area contributed by atoms with Gasteiger partial charge in [0, 0.05) is 26.3 Å². The Morgan fingerprint density at radius 3 is 2.29 bits per heavy atom. The normalized spacial score (nSPS) is 9.71. The molecule has 0 aliphatic heterocycles. The van der Waals surface area contributed by atoms with Crippen molar-refractivity contribution in [3.8, 4) is 12.3 Å². The molecule has 28 heavy (non-hydrogen) atoms. The first kappa shape index (κ1) is 27.5. The molecule has 0 unspecified atom stereocenters. The van der Waals surface area contributed by atoms with E-state index in [-0.39, 0.29) is 0 Å². The fourth-order valence-corrected chi connectivity index (χ4v) is 2.01. The molecule has 2 rings (SSSR count). The number of aryl methyl sites for hydroxylation is 2. The molecule has 0 N–H and O–H groups in total. The fraction of sp³-hybridized carbons (Fsp3) is 0.478. The summed E-state index contributed by atoms with van der Waals surface area (Å²) in [5.74, 6) is 4.96. The molecule has 0 bridgehead atoms. The van der Waals surface area contributed by atoms with Crippen LogP contribution >= 0.6 is 0 Å². The maximum absolute atomic E-state index is 4.78. The first-order valence-electron chi connectivity index (χ1n) is 9.46.